The van der Waals surface area contributed by atoms with E-state index in [0.717, 1.165) is 53.7 Å². The van der Waals surface area contributed by atoms with Crippen molar-refractivity contribution in [2.75, 3.05) is 0 Å². The fourth-order valence-electron chi connectivity index (χ4n) is 2.84. The number of terminal acetylenes is 1. The van der Waals surface area contributed by atoms with Crippen molar-refractivity contribution < 1.29 is 13.2 Å². The van der Waals surface area contributed by atoms with Gasteiger partial charge in [-0.1, -0.05) is 97.9 Å². The molecule has 0 unspecified atom stereocenters. The van der Waals surface area contributed by atoms with Gasteiger partial charge in [-0.2, -0.15) is 13.2 Å². The summed E-state index contributed by atoms with van der Waals surface area (Å²) in [7, 11) is 0. The molecule has 206 valence electrons. The lowest BCUT2D eigenvalue weighted by molar-refractivity contribution is -0.137. The Morgan fingerprint density at radius 3 is 2.00 bits per heavy atom. The Balaban J connectivity index is -0.00000114. The maximum Gasteiger partial charge on any atom is 0.416 e. The van der Waals surface area contributed by atoms with Crippen molar-refractivity contribution in [1.82, 2.24) is 0 Å². The highest BCUT2D eigenvalue weighted by Gasteiger charge is 2.30. The van der Waals surface area contributed by atoms with Gasteiger partial charge in [-0.15, -0.1) is 12.3 Å². The number of rotatable bonds is 7. The number of allylic oxidation sites excluding steroid dienone is 2. The third-order valence-corrected chi connectivity index (χ3v) is 4.56. The molecular weight excluding hydrogens is 467 g/mol. The second kappa shape index (κ2) is 23.2. The quantitative estimate of drug-likeness (QED) is 0.221. The third kappa shape index (κ3) is 16.2. The van der Waals surface area contributed by atoms with E-state index in [-0.39, 0.29) is 0 Å². The molecule has 0 saturated carbocycles. The molecular formula is C33H48F3N. The molecule has 2 rings (SSSR count). The molecule has 0 fully saturated rings. The minimum atomic E-state index is -4.35. The van der Waals surface area contributed by atoms with E-state index in [2.05, 4.69) is 38.0 Å². The van der Waals surface area contributed by atoms with E-state index in [1.165, 1.54) is 6.07 Å². The van der Waals surface area contributed by atoms with Gasteiger partial charge < -0.3 is 5.73 Å². The van der Waals surface area contributed by atoms with Crippen LogP contribution >= 0.6 is 0 Å². The summed E-state index contributed by atoms with van der Waals surface area (Å²) in [6.45, 7) is 21.5. The molecule has 0 bridgehead atoms. The van der Waals surface area contributed by atoms with Gasteiger partial charge in [0.05, 0.1) is 5.56 Å². The summed E-state index contributed by atoms with van der Waals surface area (Å²) < 4.78 is 38.7. The van der Waals surface area contributed by atoms with Crippen LogP contribution in [0.3, 0.4) is 0 Å². The fraction of sp³-hybridized carbons (Fsp3) is 0.394. The van der Waals surface area contributed by atoms with E-state index in [4.69, 9.17) is 5.73 Å². The standard InChI is InChI=1S/C24H26F3N.C3H4.3C2H6/c1-4-6-8-19-13-20(15-21(14-19)23(28)17(3)5-2)12-11-18-9-7-10-22(16-18)24(25,26)27;1-3-2;3*1-2/h5,7,9-16H,2,4,6,8,28H2,1,3H3;1H,2H3;3*1-2H3/b12-11+,23-17+;;;;. The highest BCUT2D eigenvalue weighted by atomic mass is 19.4. The van der Waals surface area contributed by atoms with Crippen molar-refractivity contribution in [2.45, 2.75) is 87.8 Å². The molecule has 0 radical (unpaired) electrons. The number of unbranched alkanes of at least 4 members (excludes halogenated alkanes) is 1. The molecule has 0 aromatic heterocycles. The highest BCUT2D eigenvalue weighted by molar-refractivity contribution is 5.75. The summed E-state index contributed by atoms with van der Waals surface area (Å²) in [5, 5.41) is 0. The Bertz CT molecular complexity index is 974. The van der Waals surface area contributed by atoms with Gasteiger partial charge in [0.2, 0.25) is 0 Å². The molecule has 0 aliphatic heterocycles. The van der Waals surface area contributed by atoms with Crippen LogP contribution in [0.1, 0.15) is 103 Å². The molecule has 2 aromatic rings. The second-order valence-corrected chi connectivity index (χ2v) is 7.11. The maximum atomic E-state index is 12.9. The SMILES string of the molecule is C#CC.C=C/C(C)=C(/N)c1cc(/C=C/c2cccc(C(F)(F)F)c2)cc(CCCC)c1.CC.CC.CC. The summed E-state index contributed by atoms with van der Waals surface area (Å²) in [5.74, 6) is 2.25. The number of benzene rings is 2. The molecule has 0 atom stereocenters. The predicted molar refractivity (Wildman–Crippen MR) is 161 cm³/mol. The Kier molecular flexibility index (Phi) is 24.1. The van der Waals surface area contributed by atoms with Crippen LogP contribution in [-0.4, -0.2) is 0 Å². The van der Waals surface area contributed by atoms with E-state index in [9.17, 15) is 13.2 Å². The Hall–Kier alpha value is -3.19. The lowest BCUT2D eigenvalue weighted by atomic mass is 9.98. The van der Waals surface area contributed by atoms with Crippen molar-refractivity contribution in [3.8, 4) is 12.3 Å². The highest BCUT2D eigenvalue weighted by Crippen LogP contribution is 2.30. The normalized spacial score (nSPS) is 10.5. The summed E-state index contributed by atoms with van der Waals surface area (Å²) in [4.78, 5) is 0. The van der Waals surface area contributed by atoms with Gasteiger partial charge in [-0.3, -0.25) is 0 Å². The number of halogens is 3. The molecule has 0 saturated heterocycles. The van der Waals surface area contributed by atoms with E-state index >= 15 is 0 Å². The average molecular weight is 516 g/mol. The van der Waals surface area contributed by atoms with Crippen LogP contribution in [0.15, 0.2) is 60.7 Å². The van der Waals surface area contributed by atoms with Crippen LogP contribution in [0.25, 0.3) is 17.8 Å². The molecule has 1 nitrogen and oxygen atoms in total. The van der Waals surface area contributed by atoms with Crippen LogP contribution in [0.2, 0.25) is 0 Å². The number of hydrogen-bond donors (Lipinski definition) is 1. The smallest absolute Gasteiger partial charge is 0.398 e. The van der Waals surface area contributed by atoms with Crippen molar-refractivity contribution in [2.24, 2.45) is 5.73 Å². The Morgan fingerprint density at radius 2 is 1.51 bits per heavy atom. The number of hydrogen-bond acceptors (Lipinski definition) is 1. The van der Waals surface area contributed by atoms with Gasteiger partial charge in [0.15, 0.2) is 0 Å². The van der Waals surface area contributed by atoms with Crippen LogP contribution in [0, 0.1) is 12.3 Å². The fourth-order valence-corrected chi connectivity index (χ4v) is 2.84. The van der Waals surface area contributed by atoms with Crippen LogP contribution in [0.4, 0.5) is 13.2 Å². The number of aryl methyl sites for hydroxylation is 1. The third-order valence-electron chi connectivity index (χ3n) is 4.56. The van der Waals surface area contributed by atoms with Crippen molar-refractivity contribution in [3.05, 3.63) is 88.5 Å². The zero-order valence-electron chi connectivity index (χ0n) is 24.4. The average Bonchev–Trinajstić information content (AvgIpc) is 2.93. The molecule has 2 N–H and O–H groups in total. The minimum absolute atomic E-state index is 0.501. The molecule has 0 aliphatic rings. The van der Waals surface area contributed by atoms with Crippen LogP contribution in [0.5, 0.6) is 0 Å². The van der Waals surface area contributed by atoms with Crippen molar-refractivity contribution >= 4 is 17.8 Å². The summed E-state index contributed by atoms with van der Waals surface area (Å²) in [6.07, 6.45) is 8.55. The lowest BCUT2D eigenvalue weighted by Crippen LogP contribution is -2.04. The van der Waals surface area contributed by atoms with Crippen LogP contribution < -0.4 is 5.73 Å². The van der Waals surface area contributed by atoms with E-state index < -0.39 is 11.7 Å². The van der Waals surface area contributed by atoms with E-state index in [1.807, 2.05) is 60.6 Å². The van der Waals surface area contributed by atoms with E-state index in [1.54, 1.807) is 25.1 Å². The zero-order chi connectivity index (χ0) is 29.4. The van der Waals surface area contributed by atoms with Gasteiger partial charge in [-0.05, 0) is 78.8 Å². The molecule has 0 amide bonds. The topological polar surface area (TPSA) is 26.0 Å². The van der Waals surface area contributed by atoms with Gasteiger partial charge in [-0.25, -0.2) is 0 Å². The monoisotopic (exact) mass is 515 g/mol. The maximum absolute atomic E-state index is 12.9. The van der Waals surface area contributed by atoms with Gasteiger partial charge in [0.1, 0.15) is 0 Å². The summed E-state index contributed by atoms with van der Waals surface area (Å²) >= 11 is 0. The zero-order valence-corrected chi connectivity index (χ0v) is 24.4. The summed E-state index contributed by atoms with van der Waals surface area (Å²) in [5.41, 5.74) is 10.6. The molecule has 37 heavy (non-hydrogen) atoms. The molecule has 4 heteroatoms. The summed E-state index contributed by atoms with van der Waals surface area (Å²) in [6, 6.07) is 11.4. The van der Waals surface area contributed by atoms with Gasteiger partial charge in [0.25, 0.3) is 0 Å². The Labute approximate surface area is 225 Å². The first-order valence-corrected chi connectivity index (χ1v) is 13.1. The first kappa shape index (κ1) is 38.3. The minimum Gasteiger partial charge on any atom is -0.398 e. The van der Waals surface area contributed by atoms with E-state index in [0.29, 0.717) is 11.3 Å². The van der Waals surface area contributed by atoms with Crippen molar-refractivity contribution in [3.63, 3.8) is 0 Å². The second-order valence-electron chi connectivity index (χ2n) is 7.11. The van der Waals surface area contributed by atoms with Crippen molar-refractivity contribution in [1.29, 1.82) is 0 Å². The van der Waals surface area contributed by atoms with Gasteiger partial charge in [0, 0.05) is 5.70 Å². The first-order chi connectivity index (χ1) is 17.7. The number of nitrogens with two attached hydrogens (primary N) is 1. The first-order valence-electron chi connectivity index (χ1n) is 13.1. The molecule has 2 aromatic carbocycles. The lowest BCUT2D eigenvalue weighted by Gasteiger charge is -2.10. The molecule has 0 heterocycles. The molecule has 0 spiro atoms. The molecule has 0 aliphatic carbocycles. The van der Waals surface area contributed by atoms with Crippen LogP contribution in [-0.2, 0) is 12.6 Å². The predicted octanol–water partition coefficient (Wildman–Crippen LogP) is 10.8. The van der Waals surface area contributed by atoms with Gasteiger partial charge >= 0.3 is 6.18 Å². The number of alkyl halides is 3. The largest absolute Gasteiger partial charge is 0.416 e. The Morgan fingerprint density at radius 1 is 0.973 bits per heavy atom.